The minimum Gasteiger partial charge on any atom is -0.480 e. The van der Waals surface area contributed by atoms with Crippen molar-refractivity contribution in [3.63, 3.8) is 0 Å². The fourth-order valence-electron chi connectivity index (χ4n) is 2.01. The Hall–Kier alpha value is -2.08. The zero-order chi connectivity index (χ0) is 13.7. The summed E-state index contributed by atoms with van der Waals surface area (Å²) in [6.45, 7) is 0.663. The molecule has 3 N–H and O–H groups in total. The molecular weight excluding hydrogens is 248 g/mol. The SMILES string of the molecule is O=C(Nc1ccccc1)NC1(C(=O)O)CCOCC1. The molecule has 1 aromatic carbocycles. The number of rotatable bonds is 3. The molecular formula is C13H16N2O4. The highest BCUT2D eigenvalue weighted by atomic mass is 16.5. The number of hydrogen-bond acceptors (Lipinski definition) is 3. The van der Waals surface area contributed by atoms with Crippen LogP contribution in [0.5, 0.6) is 0 Å². The maximum atomic E-state index is 11.9. The van der Waals surface area contributed by atoms with Crippen molar-refractivity contribution < 1.29 is 19.4 Å². The van der Waals surface area contributed by atoms with Crippen molar-refractivity contribution in [2.24, 2.45) is 0 Å². The van der Waals surface area contributed by atoms with E-state index >= 15 is 0 Å². The molecule has 1 aliphatic heterocycles. The Bertz CT molecular complexity index is 455. The quantitative estimate of drug-likeness (QED) is 0.771. The predicted molar refractivity (Wildman–Crippen MR) is 69.0 cm³/mol. The standard InChI is InChI=1S/C13H16N2O4/c16-11(17)13(6-8-19-9-7-13)15-12(18)14-10-4-2-1-3-5-10/h1-5H,6-9H2,(H,16,17)(H2,14,15,18). The summed E-state index contributed by atoms with van der Waals surface area (Å²) in [7, 11) is 0. The molecule has 2 rings (SSSR count). The smallest absolute Gasteiger partial charge is 0.329 e. The Kier molecular flexibility index (Phi) is 4.01. The van der Waals surface area contributed by atoms with Crippen LogP contribution in [-0.4, -0.2) is 35.9 Å². The van der Waals surface area contributed by atoms with Crippen molar-refractivity contribution in [2.45, 2.75) is 18.4 Å². The van der Waals surface area contributed by atoms with Crippen LogP contribution in [0.2, 0.25) is 0 Å². The van der Waals surface area contributed by atoms with Gasteiger partial charge >= 0.3 is 12.0 Å². The molecule has 6 nitrogen and oxygen atoms in total. The summed E-state index contributed by atoms with van der Waals surface area (Å²) in [6, 6.07) is 8.36. The van der Waals surface area contributed by atoms with E-state index in [0.29, 0.717) is 18.9 Å². The van der Waals surface area contributed by atoms with E-state index < -0.39 is 17.5 Å². The summed E-state index contributed by atoms with van der Waals surface area (Å²) in [5.74, 6) is -1.03. The normalized spacial score (nSPS) is 17.5. The molecule has 1 aliphatic rings. The van der Waals surface area contributed by atoms with Gasteiger partial charge in [0.25, 0.3) is 0 Å². The van der Waals surface area contributed by atoms with Gasteiger partial charge in [-0.3, -0.25) is 0 Å². The number of carboxylic acids is 1. The summed E-state index contributed by atoms with van der Waals surface area (Å²) in [4.78, 5) is 23.2. The van der Waals surface area contributed by atoms with Crippen molar-refractivity contribution in [3.8, 4) is 0 Å². The Morgan fingerprint density at radius 2 is 1.79 bits per heavy atom. The summed E-state index contributed by atoms with van der Waals surface area (Å²) < 4.78 is 5.14. The van der Waals surface area contributed by atoms with Crippen LogP contribution >= 0.6 is 0 Å². The number of urea groups is 1. The first-order chi connectivity index (χ1) is 9.12. The average Bonchev–Trinajstić information content (AvgIpc) is 2.40. The van der Waals surface area contributed by atoms with Crippen LogP contribution in [0.1, 0.15) is 12.8 Å². The zero-order valence-corrected chi connectivity index (χ0v) is 10.4. The number of carboxylic acid groups (broad SMARTS) is 1. The molecule has 1 aromatic rings. The maximum absolute atomic E-state index is 11.9. The van der Waals surface area contributed by atoms with E-state index in [2.05, 4.69) is 10.6 Å². The molecule has 1 saturated heterocycles. The second kappa shape index (κ2) is 5.71. The Labute approximate surface area is 110 Å². The largest absolute Gasteiger partial charge is 0.480 e. The molecule has 0 saturated carbocycles. The number of aliphatic carboxylic acids is 1. The molecule has 1 heterocycles. The highest BCUT2D eigenvalue weighted by molar-refractivity contribution is 5.93. The number of hydrogen-bond donors (Lipinski definition) is 3. The molecule has 19 heavy (non-hydrogen) atoms. The Morgan fingerprint density at radius 3 is 2.37 bits per heavy atom. The maximum Gasteiger partial charge on any atom is 0.329 e. The van der Waals surface area contributed by atoms with Crippen LogP contribution in [0.3, 0.4) is 0 Å². The van der Waals surface area contributed by atoms with E-state index in [9.17, 15) is 14.7 Å². The minimum atomic E-state index is -1.24. The molecule has 1 fully saturated rings. The van der Waals surface area contributed by atoms with Gasteiger partial charge in [-0.2, -0.15) is 0 Å². The van der Waals surface area contributed by atoms with Crippen LogP contribution in [-0.2, 0) is 9.53 Å². The number of carbonyl (C=O) groups excluding carboxylic acids is 1. The van der Waals surface area contributed by atoms with Crippen LogP contribution in [0.4, 0.5) is 10.5 Å². The van der Waals surface area contributed by atoms with E-state index in [1.807, 2.05) is 6.07 Å². The van der Waals surface area contributed by atoms with Gasteiger partial charge in [-0.15, -0.1) is 0 Å². The molecule has 0 atom stereocenters. The molecule has 2 amide bonds. The number of carbonyl (C=O) groups is 2. The van der Waals surface area contributed by atoms with Crippen LogP contribution in [0, 0.1) is 0 Å². The fourth-order valence-corrected chi connectivity index (χ4v) is 2.01. The zero-order valence-electron chi connectivity index (χ0n) is 10.4. The predicted octanol–water partition coefficient (Wildman–Crippen LogP) is 1.44. The monoisotopic (exact) mass is 264 g/mol. The van der Waals surface area contributed by atoms with Crippen molar-refractivity contribution in [3.05, 3.63) is 30.3 Å². The molecule has 0 bridgehead atoms. The summed E-state index contributed by atoms with van der Waals surface area (Å²) in [5, 5.41) is 14.5. The lowest BCUT2D eigenvalue weighted by molar-refractivity contribution is -0.148. The number of ether oxygens (including phenoxy) is 1. The summed E-state index contributed by atoms with van der Waals surface area (Å²) >= 11 is 0. The van der Waals surface area contributed by atoms with E-state index in [4.69, 9.17) is 4.74 Å². The van der Waals surface area contributed by atoms with Crippen LogP contribution in [0.25, 0.3) is 0 Å². The van der Waals surface area contributed by atoms with Gasteiger partial charge in [0.2, 0.25) is 0 Å². The van der Waals surface area contributed by atoms with Crippen LogP contribution in [0.15, 0.2) is 30.3 Å². The van der Waals surface area contributed by atoms with Gasteiger partial charge in [0, 0.05) is 31.7 Å². The molecule has 0 unspecified atom stereocenters. The molecule has 0 radical (unpaired) electrons. The minimum absolute atomic E-state index is 0.268. The van der Waals surface area contributed by atoms with E-state index in [1.165, 1.54) is 0 Å². The summed E-state index contributed by atoms with van der Waals surface area (Å²) in [6.07, 6.45) is 0.537. The van der Waals surface area contributed by atoms with Crippen molar-refractivity contribution in [1.82, 2.24) is 5.32 Å². The Morgan fingerprint density at radius 1 is 1.16 bits per heavy atom. The van der Waals surface area contributed by atoms with Crippen molar-refractivity contribution in [1.29, 1.82) is 0 Å². The lowest BCUT2D eigenvalue weighted by atomic mass is 9.90. The Balaban J connectivity index is 2.01. The van der Waals surface area contributed by atoms with Gasteiger partial charge in [0.05, 0.1) is 0 Å². The van der Waals surface area contributed by atoms with Gasteiger partial charge < -0.3 is 20.5 Å². The first kappa shape index (κ1) is 13.4. The third-order valence-corrected chi connectivity index (χ3v) is 3.14. The second-order valence-corrected chi connectivity index (χ2v) is 4.44. The topological polar surface area (TPSA) is 87.7 Å². The highest BCUT2D eigenvalue weighted by Crippen LogP contribution is 2.21. The number of nitrogens with one attached hydrogen (secondary N) is 2. The van der Waals surface area contributed by atoms with Gasteiger partial charge in [-0.05, 0) is 12.1 Å². The third-order valence-electron chi connectivity index (χ3n) is 3.14. The fraction of sp³-hybridized carbons (Fsp3) is 0.385. The molecule has 0 aromatic heterocycles. The van der Waals surface area contributed by atoms with Crippen LogP contribution < -0.4 is 10.6 Å². The number of para-hydroxylation sites is 1. The van der Waals surface area contributed by atoms with Gasteiger partial charge in [-0.25, -0.2) is 9.59 Å². The second-order valence-electron chi connectivity index (χ2n) is 4.44. The van der Waals surface area contributed by atoms with Crippen molar-refractivity contribution in [2.75, 3.05) is 18.5 Å². The number of benzene rings is 1. The third kappa shape index (κ3) is 3.23. The average molecular weight is 264 g/mol. The first-order valence-electron chi connectivity index (χ1n) is 6.08. The first-order valence-corrected chi connectivity index (χ1v) is 6.08. The molecule has 0 aliphatic carbocycles. The van der Waals surface area contributed by atoms with Gasteiger partial charge in [0.1, 0.15) is 5.54 Å². The van der Waals surface area contributed by atoms with E-state index in [0.717, 1.165) is 0 Å². The van der Waals surface area contributed by atoms with E-state index in [-0.39, 0.29) is 12.8 Å². The van der Waals surface area contributed by atoms with E-state index in [1.54, 1.807) is 24.3 Å². The van der Waals surface area contributed by atoms with Gasteiger partial charge in [-0.1, -0.05) is 18.2 Å². The molecule has 6 heteroatoms. The molecule has 102 valence electrons. The number of amides is 2. The lowest BCUT2D eigenvalue weighted by Gasteiger charge is -2.33. The number of anilines is 1. The highest BCUT2D eigenvalue weighted by Gasteiger charge is 2.41. The lowest BCUT2D eigenvalue weighted by Crippen LogP contribution is -2.58. The summed E-state index contributed by atoms with van der Waals surface area (Å²) in [5.41, 5.74) is -0.621. The molecule has 0 spiro atoms. The van der Waals surface area contributed by atoms with Gasteiger partial charge in [0.15, 0.2) is 0 Å². The van der Waals surface area contributed by atoms with Crippen molar-refractivity contribution >= 4 is 17.7 Å².